The van der Waals surface area contributed by atoms with Gasteiger partial charge in [-0.3, -0.25) is 4.79 Å². The van der Waals surface area contributed by atoms with E-state index >= 15 is 0 Å². The van der Waals surface area contributed by atoms with E-state index in [0.717, 1.165) is 0 Å². The van der Waals surface area contributed by atoms with Crippen molar-refractivity contribution in [2.75, 3.05) is 0 Å². The summed E-state index contributed by atoms with van der Waals surface area (Å²) < 4.78 is 3.26. The number of carbonyl (C=O) groups is 1. The lowest BCUT2D eigenvalue weighted by Crippen LogP contribution is -2.03. The fourth-order valence-corrected chi connectivity index (χ4v) is 1.18. The number of aliphatic carboxylic acids is 1. The van der Waals surface area contributed by atoms with Gasteiger partial charge in [0.25, 0.3) is 0 Å². The highest BCUT2D eigenvalue weighted by atomic mass is 35.5. The van der Waals surface area contributed by atoms with E-state index in [4.69, 9.17) is 16.7 Å². The van der Waals surface area contributed by atoms with Crippen LogP contribution in [-0.2, 0) is 11.2 Å². The van der Waals surface area contributed by atoms with Crippen LogP contribution < -0.4 is 0 Å². The Morgan fingerprint density at radius 1 is 1.89 bits per heavy atom. The number of hydrogen-bond acceptors (Lipinski definition) is 2. The summed E-state index contributed by atoms with van der Waals surface area (Å²) in [6, 6.07) is 0. The third-order valence-electron chi connectivity index (χ3n) is 0.829. The molecule has 0 bridgehead atoms. The zero-order valence-electron chi connectivity index (χ0n) is 4.35. The van der Waals surface area contributed by atoms with Crippen molar-refractivity contribution in [2.24, 2.45) is 0 Å². The van der Waals surface area contributed by atoms with Crippen LogP contribution in [0.15, 0.2) is 0 Å². The summed E-state index contributed by atoms with van der Waals surface area (Å²) in [4.78, 5) is 10.0. The van der Waals surface area contributed by atoms with Crippen molar-refractivity contribution in [1.29, 1.82) is 0 Å². The minimum absolute atomic E-state index is 0.00810. The van der Waals surface area contributed by atoms with Crippen LogP contribution >= 0.6 is 23.1 Å². The van der Waals surface area contributed by atoms with Gasteiger partial charge in [0.15, 0.2) is 0 Å². The van der Waals surface area contributed by atoms with E-state index in [2.05, 4.69) is 4.37 Å². The first kappa shape index (κ1) is 6.64. The molecule has 0 unspecified atom stereocenters. The molecule has 1 aromatic heterocycles. The number of H-pyrrole nitrogens is 1. The number of halogens is 1. The maximum Gasteiger partial charge on any atom is 0.309 e. The lowest BCUT2D eigenvalue weighted by atomic mass is 10.3. The van der Waals surface area contributed by atoms with Gasteiger partial charge < -0.3 is 9.48 Å². The Bertz CT molecular complexity index is 217. The lowest BCUT2D eigenvalue weighted by molar-refractivity contribution is -0.136. The molecule has 0 aliphatic rings. The predicted octanol–water partition coefficient (Wildman–Crippen LogP) is 1.36. The van der Waals surface area contributed by atoms with E-state index < -0.39 is 5.97 Å². The van der Waals surface area contributed by atoms with Gasteiger partial charge in [0.2, 0.25) is 0 Å². The summed E-state index contributed by atoms with van der Waals surface area (Å²) in [6.07, 6.45) is -0.00810. The molecule has 0 aliphatic heterocycles. The SMILES string of the molecule is O=C(O)Cc1[nH]sc1Cl. The summed E-state index contributed by atoms with van der Waals surface area (Å²) in [5, 5.41) is 8.22. The van der Waals surface area contributed by atoms with Gasteiger partial charge in [-0.2, -0.15) is 0 Å². The van der Waals surface area contributed by atoms with Crippen LogP contribution in [0.2, 0.25) is 4.34 Å². The predicted molar refractivity (Wildman–Crippen MR) is 35.0 cm³/mol. The van der Waals surface area contributed by atoms with Gasteiger partial charge >= 0.3 is 5.97 Å². The first-order valence-electron chi connectivity index (χ1n) is 2.23. The van der Waals surface area contributed by atoms with Gasteiger partial charge in [-0.1, -0.05) is 11.6 Å². The van der Waals surface area contributed by atoms with Crippen LogP contribution in [-0.4, -0.2) is 15.4 Å². The Morgan fingerprint density at radius 3 is 2.67 bits per heavy atom. The largest absolute Gasteiger partial charge is 0.481 e. The molecule has 9 heavy (non-hydrogen) atoms. The molecular weight excluding hydrogens is 162 g/mol. The van der Waals surface area contributed by atoms with E-state index in [1.54, 1.807) is 0 Å². The third-order valence-corrected chi connectivity index (χ3v) is 2.06. The highest BCUT2D eigenvalue weighted by molar-refractivity contribution is 7.12. The Labute approximate surface area is 60.4 Å². The second-order valence-corrected chi connectivity index (χ2v) is 2.95. The maximum absolute atomic E-state index is 10.0. The average Bonchev–Trinajstić information content (AvgIpc) is 1.79. The van der Waals surface area contributed by atoms with Gasteiger partial charge in [-0.25, -0.2) is 0 Å². The summed E-state index contributed by atoms with van der Waals surface area (Å²) in [7, 11) is 0. The zero-order valence-corrected chi connectivity index (χ0v) is 5.92. The van der Waals surface area contributed by atoms with Gasteiger partial charge in [0, 0.05) is 0 Å². The molecule has 0 atom stereocenters. The average molecular weight is 166 g/mol. The van der Waals surface area contributed by atoms with Crippen molar-refractivity contribution in [3.05, 3.63) is 10.0 Å². The van der Waals surface area contributed by atoms with Crippen molar-refractivity contribution in [1.82, 2.24) is 4.37 Å². The van der Waals surface area contributed by atoms with Crippen molar-refractivity contribution in [3.63, 3.8) is 0 Å². The van der Waals surface area contributed by atoms with Crippen LogP contribution in [0.25, 0.3) is 0 Å². The minimum Gasteiger partial charge on any atom is -0.481 e. The van der Waals surface area contributed by atoms with Gasteiger partial charge in [0.1, 0.15) is 4.34 Å². The van der Waals surface area contributed by atoms with Crippen LogP contribution in [0.3, 0.4) is 0 Å². The molecule has 0 aliphatic carbocycles. The second-order valence-electron chi connectivity index (χ2n) is 1.53. The molecule has 1 heterocycles. The molecular formula is C4H4ClNO2S. The molecule has 0 saturated heterocycles. The van der Waals surface area contributed by atoms with Gasteiger partial charge in [-0.15, -0.1) is 0 Å². The number of aromatic amines is 1. The van der Waals surface area contributed by atoms with E-state index in [9.17, 15) is 4.79 Å². The molecule has 5 heteroatoms. The highest BCUT2D eigenvalue weighted by Gasteiger charge is 2.08. The van der Waals surface area contributed by atoms with E-state index in [1.165, 1.54) is 11.5 Å². The van der Waals surface area contributed by atoms with E-state index in [0.29, 0.717) is 10.0 Å². The molecule has 3 nitrogen and oxygen atoms in total. The molecule has 0 amide bonds. The van der Waals surface area contributed by atoms with Gasteiger partial charge in [-0.05, 0) is 11.5 Å². The van der Waals surface area contributed by atoms with Crippen molar-refractivity contribution in [2.45, 2.75) is 6.42 Å². The number of rotatable bonds is 2. The second kappa shape index (κ2) is 2.41. The highest BCUT2D eigenvalue weighted by Crippen LogP contribution is 2.22. The van der Waals surface area contributed by atoms with Crippen molar-refractivity contribution < 1.29 is 9.90 Å². The topological polar surface area (TPSA) is 53.1 Å². The summed E-state index contributed by atoms with van der Waals surface area (Å²) >= 11 is 6.72. The Hall–Kier alpha value is -0.480. The third kappa shape index (κ3) is 1.46. The standard InChI is InChI=1S/C4H4ClNO2S/c5-4-2(6-9-4)1-3(7)8/h6H,1H2,(H,7,8). The molecule has 1 aromatic rings. The van der Waals surface area contributed by atoms with Gasteiger partial charge in [0.05, 0.1) is 12.1 Å². The number of nitrogens with one attached hydrogen (secondary N) is 1. The van der Waals surface area contributed by atoms with E-state index in [-0.39, 0.29) is 6.42 Å². The molecule has 0 saturated carbocycles. The Balaban J connectivity index is 2.53. The zero-order chi connectivity index (χ0) is 6.85. The number of hydrogen-bond donors (Lipinski definition) is 2. The molecule has 0 spiro atoms. The Kier molecular flexibility index (Phi) is 1.78. The number of carboxylic acid groups (broad SMARTS) is 1. The Morgan fingerprint density at radius 2 is 2.56 bits per heavy atom. The first-order chi connectivity index (χ1) is 4.20. The summed E-state index contributed by atoms with van der Waals surface area (Å²) in [5.74, 6) is -0.865. The van der Waals surface area contributed by atoms with Crippen LogP contribution in [0, 0.1) is 0 Å². The molecule has 1 rings (SSSR count). The molecule has 50 valence electrons. The van der Waals surface area contributed by atoms with E-state index in [1.807, 2.05) is 0 Å². The lowest BCUT2D eigenvalue weighted by Gasteiger charge is -2.01. The number of carboxylic acids is 1. The maximum atomic E-state index is 10.0. The van der Waals surface area contributed by atoms with Crippen molar-refractivity contribution in [3.8, 4) is 0 Å². The minimum atomic E-state index is -0.865. The molecule has 2 N–H and O–H groups in total. The van der Waals surface area contributed by atoms with Crippen LogP contribution in [0.1, 0.15) is 5.69 Å². The quantitative estimate of drug-likeness (QED) is 0.695. The molecule has 0 fully saturated rings. The first-order valence-corrected chi connectivity index (χ1v) is 3.43. The molecule has 0 radical (unpaired) electrons. The summed E-state index contributed by atoms with van der Waals surface area (Å²) in [5.41, 5.74) is 0.606. The van der Waals surface area contributed by atoms with Crippen LogP contribution in [0.5, 0.6) is 0 Å². The number of aromatic nitrogens is 1. The monoisotopic (exact) mass is 165 g/mol. The molecule has 0 aromatic carbocycles. The van der Waals surface area contributed by atoms with Crippen LogP contribution in [0.4, 0.5) is 0 Å². The van der Waals surface area contributed by atoms with Crippen molar-refractivity contribution >= 4 is 29.1 Å². The fraction of sp³-hybridized carbons (Fsp3) is 0.250. The summed E-state index contributed by atoms with van der Waals surface area (Å²) in [6.45, 7) is 0. The smallest absolute Gasteiger partial charge is 0.309 e. The normalized spacial score (nSPS) is 9.89. The fourth-order valence-electron chi connectivity index (χ4n) is 0.419.